The number of pyridine rings is 1. The van der Waals surface area contributed by atoms with Crippen LogP contribution in [0.5, 0.6) is 5.88 Å². The third-order valence-corrected chi connectivity index (χ3v) is 3.14. The van der Waals surface area contributed by atoms with Crippen LogP contribution in [0.4, 0.5) is 5.69 Å². The number of anilines is 1. The molecule has 0 aliphatic rings. The van der Waals surface area contributed by atoms with E-state index in [2.05, 4.69) is 15.6 Å². The standard InChI is InChI=1S/C17H19N3O3/c1-12(21)20-15-5-3-13(4-6-15)9-16(22)19-11-14-7-8-18-17(10-14)23-2/h3-8,10H,9,11H2,1-2H3,(H,19,22)(H,20,21). The number of nitrogens with zero attached hydrogens (tertiary/aromatic N) is 1. The van der Waals surface area contributed by atoms with Gasteiger partial charge in [-0.05, 0) is 29.3 Å². The topological polar surface area (TPSA) is 80.3 Å². The molecule has 2 amide bonds. The number of hydrogen-bond donors (Lipinski definition) is 2. The monoisotopic (exact) mass is 313 g/mol. The van der Waals surface area contributed by atoms with E-state index in [4.69, 9.17) is 4.74 Å². The molecule has 0 radical (unpaired) electrons. The number of methoxy groups -OCH3 is 1. The molecule has 2 aromatic rings. The molecule has 1 aromatic heterocycles. The zero-order valence-corrected chi connectivity index (χ0v) is 13.1. The molecule has 2 rings (SSSR count). The summed E-state index contributed by atoms with van der Waals surface area (Å²) in [6, 6.07) is 10.8. The predicted molar refractivity (Wildman–Crippen MR) is 87.1 cm³/mol. The Balaban J connectivity index is 1.85. The fourth-order valence-corrected chi connectivity index (χ4v) is 2.03. The van der Waals surface area contributed by atoms with Crippen LogP contribution >= 0.6 is 0 Å². The Hall–Kier alpha value is -2.89. The smallest absolute Gasteiger partial charge is 0.224 e. The minimum absolute atomic E-state index is 0.0759. The lowest BCUT2D eigenvalue weighted by atomic mass is 10.1. The van der Waals surface area contributed by atoms with E-state index in [1.807, 2.05) is 18.2 Å². The van der Waals surface area contributed by atoms with Gasteiger partial charge in [0.05, 0.1) is 13.5 Å². The van der Waals surface area contributed by atoms with Crippen molar-refractivity contribution in [2.75, 3.05) is 12.4 Å². The average molecular weight is 313 g/mol. The van der Waals surface area contributed by atoms with E-state index in [0.29, 0.717) is 18.1 Å². The lowest BCUT2D eigenvalue weighted by Gasteiger charge is -2.07. The van der Waals surface area contributed by atoms with Crippen LogP contribution in [-0.2, 0) is 22.6 Å². The van der Waals surface area contributed by atoms with E-state index in [1.54, 1.807) is 31.5 Å². The van der Waals surface area contributed by atoms with Gasteiger partial charge in [0.2, 0.25) is 17.7 Å². The molecule has 6 nitrogen and oxygen atoms in total. The van der Waals surface area contributed by atoms with Crippen molar-refractivity contribution in [2.24, 2.45) is 0 Å². The Bertz CT molecular complexity index is 684. The van der Waals surface area contributed by atoms with Crippen LogP contribution in [0.1, 0.15) is 18.1 Å². The molecule has 0 saturated heterocycles. The molecule has 23 heavy (non-hydrogen) atoms. The molecule has 0 bridgehead atoms. The average Bonchev–Trinajstić information content (AvgIpc) is 2.54. The minimum atomic E-state index is -0.122. The minimum Gasteiger partial charge on any atom is -0.481 e. The van der Waals surface area contributed by atoms with Crippen molar-refractivity contribution in [2.45, 2.75) is 19.9 Å². The zero-order valence-electron chi connectivity index (χ0n) is 13.1. The maximum atomic E-state index is 12.0. The van der Waals surface area contributed by atoms with E-state index in [1.165, 1.54) is 6.92 Å². The highest BCUT2D eigenvalue weighted by atomic mass is 16.5. The molecule has 0 saturated carbocycles. The molecule has 0 unspecified atom stereocenters. The first-order valence-electron chi connectivity index (χ1n) is 7.19. The van der Waals surface area contributed by atoms with Gasteiger partial charge in [0.1, 0.15) is 0 Å². The van der Waals surface area contributed by atoms with Gasteiger partial charge < -0.3 is 15.4 Å². The molecule has 0 atom stereocenters. The summed E-state index contributed by atoms with van der Waals surface area (Å²) in [4.78, 5) is 26.9. The largest absolute Gasteiger partial charge is 0.481 e. The highest BCUT2D eigenvalue weighted by Crippen LogP contribution is 2.11. The third kappa shape index (κ3) is 5.43. The van der Waals surface area contributed by atoms with Crippen LogP contribution in [0, 0.1) is 0 Å². The second kappa shape index (κ2) is 7.93. The number of nitrogens with one attached hydrogen (secondary N) is 2. The van der Waals surface area contributed by atoms with Crippen molar-refractivity contribution in [3.05, 3.63) is 53.7 Å². The number of rotatable bonds is 6. The fourth-order valence-electron chi connectivity index (χ4n) is 2.03. The summed E-state index contributed by atoms with van der Waals surface area (Å²) in [7, 11) is 1.55. The summed E-state index contributed by atoms with van der Waals surface area (Å²) >= 11 is 0. The molecular formula is C17H19N3O3. The maximum absolute atomic E-state index is 12.0. The van der Waals surface area contributed by atoms with Crippen LogP contribution < -0.4 is 15.4 Å². The molecule has 2 N–H and O–H groups in total. The van der Waals surface area contributed by atoms with Crippen molar-refractivity contribution in [3.63, 3.8) is 0 Å². The van der Waals surface area contributed by atoms with Gasteiger partial charge in [-0.15, -0.1) is 0 Å². The second-order valence-electron chi connectivity index (χ2n) is 5.04. The van der Waals surface area contributed by atoms with Crippen molar-refractivity contribution in [1.82, 2.24) is 10.3 Å². The SMILES string of the molecule is COc1cc(CNC(=O)Cc2ccc(NC(C)=O)cc2)ccn1. The summed E-state index contributed by atoms with van der Waals surface area (Å²) < 4.78 is 5.04. The van der Waals surface area contributed by atoms with Crippen LogP contribution in [0.2, 0.25) is 0 Å². The van der Waals surface area contributed by atoms with E-state index >= 15 is 0 Å². The van der Waals surface area contributed by atoms with Crippen molar-refractivity contribution < 1.29 is 14.3 Å². The Kier molecular flexibility index (Phi) is 5.68. The Morgan fingerprint density at radius 1 is 1.13 bits per heavy atom. The number of carbonyl (C=O) groups is 2. The lowest BCUT2D eigenvalue weighted by molar-refractivity contribution is -0.120. The number of benzene rings is 1. The van der Waals surface area contributed by atoms with Crippen molar-refractivity contribution in [3.8, 4) is 5.88 Å². The summed E-state index contributed by atoms with van der Waals surface area (Å²) in [6.07, 6.45) is 1.92. The van der Waals surface area contributed by atoms with Gasteiger partial charge in [-0.1, -0.05) is 12.1 Å². The van der Waals surface area contributed by atoms with E-state index in [9.17, 15) is 9.59 Å². The number of hydrogen-bond acceptors (Lipinski definition) is 4. The number of carbonyl (C=O) groups excluding carboxylic acids is 2. The molecule has 6 heteroatoms. The first-order chi connectivity index (χ1) is 11.1. The van der Waals surface area contributed by atoms with Crippen LogP contribution in [0.15, 0.2) is 42.6 Å². The first kappa shape index (κ1) is 16.5. The second-order valence-corrected chi connectivity index (χ2v) is 5.04. The normalized spacial score (nSPS) is 10.0. The van der Waals surface area contributed by atoms with E-state index < -0.39 is 0 Å². The first-order valence-corrected chi connectivity index (χ1v) is 7.19. The van der Waals surface area contributed by atoms with Crippen molar-refractivity contribution in [1.29, 1.82) is 0 Å². The Morgan fingerprint density at radius 3 is 2.52 bits per heavy atom. The highest BCUT2D eigenvalue weighted by Gasteiger charge is 2.05. The van der Waals surface area contributed by atoms with Crippen LogP contribution in [0.3, 0.4) is 0 Å². The molecule has 120 valence electrons. The predicted octanol–water partition coefficient (Wildman–Crippen LogP) is 1.91. The number of ether oxygens (including phenoxy) is 1. The fraction of sp³-hybridized carbons (Fsp3) is 0.235. The van der Waals surface area contributed by atoms with Gasteiger partial charge >= 0.3 is 0 Å². The van der Waals surface area contributed by atoms with Gasteiger partial charge in [0, 0.05) is 31.4 Å². The molecule has 1 heterocycles. The summed E-state index contributed by atoms with van der Waals surface area (Å²) in [5.41, 5.74) is 2.51. The van der Waals surface area contributed by atoms with E-state index in [0.717, 1.165) is 11.1 Å². The maximum Gasteiger partial charge on any atom is 0.224 e. The molecule has 1 aromatic carbocycles. The molecule has 0 spiro atoms. The Labute approximate surface area is 134 Å². The number of aromatic nitrogens is 1. The van der Waals surface area contributed by atoms with Gasteiger partial charge in [0.15, 0.2) is 0 Å². The molecular weight excluding hydrogens is 294 g/mol. The third-order valence-electron chi connectivity index (χ3n) is 3.14. The van der Waals surface area contributed by atoms with E-state index in [-0.39, 0.29) is 18.2 Å². The van der Waals surface area contributed by atoms with Gasteiger partial charge in [-0.3, -0.25) is 9.59 Å². The van der Waals surface area contributed by atoms with Gasteiger partial charge in [-0.25, -0.2) is 4.98 Å². The number of amides is 2. The summed E-state index contributed by atoms with van der Waals surface area (Å²) in [6.45, 7) is 1.87. The lowest BCUT2D eigenvalue weighted by Crippen LogP contribution is -2.24. The Morgan fingerprint density at radius 2 is 1.87 bits per heavy atom. The zero-order chi connectivity index (χ0) is 16.7. The summed E-state index contributed by atoms with van der Waals surface area (Å²) in [5, 5.41) is 5.54. The van der Waals surface area contributed by atoms with Gasteiger partial charge in [0.25, 0.3) is 0 Å². The highest BCUT2D eigenvalue weighted by molar-refractivity contribution is 5.88. The van der Waals surface area contributed by atoms with Gasteiger partial charge in [-0.2, -0.15) is 0 Å². The van der Waals surface area contributed by atoms with Crippen LogP contribution in [0.25, 0.3) is 0 Å². The van der Waals surface area contributed by atoms with Crippen LogP contribution in [-0.4, -0.2) is 23.9 Å². The molecule has 0 aliphatic heterocycles. The quantitative estimate of drug-likeness (QED) is 0.853. The molecule has 0 aliphatic carbocycles. The molecule has 0 fully saturated rings. The summed E-state index contributed by atoms with van der Waals surface area (Å²) in [5.74, 6) is 0.321. The van der Waals surface area contributed by atoms with Crippen molar-refractivity contribution >= 4 is 17.5 Å².